The van der Waals surface area contributed by atoms with Gasteiger partial charge in [-0.1, -0.05) is 13.8 Å². The van der Waals surface area contributed by atoms with E-state index in [4.69, 9.17) is 11.5 Å². The SMILES string of the molecule is CC(C)CN(CC(N)=O)Cc1cc(F)ccc1N. The minimum absolute atomic E-state index is 0.147. The maximum Gasteiger partial charge on any atom is 0.231 e. The van der Waals surface area contributed by atoms with E-state index in [1.165, 1.54) is 18.2 Å². The molecule has 0 spiro atoms. The van der Waals surface area contributed by atoms with Crippen LogP contribution < -0.4 is 11.5 Å². The Morgan fingerprint density at radius 2 is 2.11 bits per heavy atom. The Hall–Kier alpha value is -1.62. The molecule has 100 valence electrons. The Bertz CT molecular complexity index is 421. The number of nitrogens with two attached hydrogens (primary N) is 2. The van der Waals surface area contributed by atoms with E-state index in [1.54, 1.807) is 0 Å². The van der Waals surface area contributed by atoms with Gasteiger partial charge in [-0.3, -0.25) is 9.69 Å². The Morgan fingerprint density at radius 3 is 2.67 bits per heavy atom. The van der Waals surface area contributed by atoms with Crippen LogP contribution >= 0.6 is 0 Å². The molecule has 0 radical (unpaired) electrons. The lowest BCUT2D eigenvalue weighted by Gasteiger charge is -2.23. The van der Waals surface area contributed by atoms with Crippen LogP contribution in [-0.4, -0.2) is 23.9 Å². The quantitative estimate of drug-likeness (QED) is 0.752. The second kappa shape index (κ2) is 6.35. The fourth-order valence-electron chi connectivity index (χ4n) is 1.87. The van der Waals surface area contributed by atoms with E-state index < -0.39 is 5.91 Å². The highest BCUT2D eigenvalue weighted by molar-refractivity contribution is 5.75. The van der Waals surface area contributed by atoms with Gasteiger partial charge in [0, 0.05) is 18.8 Å². The van der Waals surface area contributed by atoms with Crippen LogP contribution in [0.4, 0.5) is 10.1 Å². The third-order valence-corrected chi connectivity index (χ3v) is 2.50. The number of hydrogen-bond acceptors (Lipinski definition) is 3. The van der Waals surface area contributed by atoms with Crippen molar-refractivity contribution in [1.82, 2.24) is 4.90 Å². The number of primary amides is 1. The maximum atomic E-state index is 13.2. The van der Waals surface area contributed by atoms with Crippen molar-refractivity contribution >= 4 is 11.6 Å². The van der Waals surface area contributed by atoms with E-state index in [0.717, 1.165) is 0 Å². The summed E-state index contributed by atoms with van der Waals surface area (Å²) in [5, 5.41) is 0. The molecular formula is C13H20FN3O. The van der Waals surface area contributed by atoms with E-state index >= 15 is 0 Å². The van der Waals surface area contributed by atoms with Gasteiger partial charge >= 0.3 is 0 Å². The van der Waals surface area contributed by atoms with Gasteiger partial charge in [0.25, 0.3) is 0 Å². The largest absolute Gasteiger partial charge is 0.398 e. The average molecular weight is 253 g/mol. The zero-order valence-corrected chi connectivity index (χ0v) is 10.8. The van der Waals surface area contributed by atoms with E-state index in [1.807, 2.05) is 18.7 Å². The van der Waals surface area contributed by atoms with Gasteiger partial charge in [0.15, 0.2) is 0 Å². The van der Waals surface area contributed by atoms with Crippen LogP contribution in [0.3, 0.4) is 0 Å². The van der Waals surface area contributed by atoms with Crippen LogP contribution in [0.2, 0.25) is 0 Å². The van der Waals surface area contributed by atoms with Gasteiger partial charge in [0.05, 0.1) is 6.54 Å². The molecule has 0 saturated carbocycles. The first-order valence-electron chi connectivity index (χ1n) is 5.93. The summed E-state index contributed by atoms with van der Waals surface area (Å²) < 4.78 is 13.2. The molecular weight excluding hydrogens is 233 g/mol. The van der Waals surface area contributed by atoms with Crippen LogP contribution in [0.15, 0.2) is 18.2 Å². The summed E-state index contributed by atoms with van der Waals surface area (Å²) in [7, 11) is 0. The molecule has 0 atom stereocenters. The molecule has 4 N–H and O–H groups in total. The van der Waals surface area contributed by atoms with Crippen molar-refractivity contribution in [2.45, 2.75) is 20.4 Å². The van der Waals surface area contributed by atoms with E-state index in [-0.39, 0.29) is 12.4 Å². The normalized spacial score (nSPS) is 11.2. The van der Waals surface area contributed by atoms with Gasteiger partial charge in [0.2, 0.25) is 5.91 Å². The highest BCUT2D eigenvalue weighted by Gasteiger charge is 2.13. The third-order valence-electron chi connectivity index (χ3n) is 2.50. The molecule has 4 nitrogen and oxygen atoms in total. The van der Waals surface area contributed by atoms with Crippen LogP contribution in [-0.2, 0) is 11.3 Å². The lowest BCUT2D eigenvalue weighted by molar-refractivity contribution is -0.119. The number of amides is 1. The first-order chi connectivity index (χ1) is 8.38. The fourth-order valence-corrected chi connectivity index (χ4v) is 1.87. The predicted molar refractivity (Wildman–Crippen MR) is 70.1 cm³/mol. The molecule has 0 aliphatic heterocycles. The van der Waals surface area contributed by atoms with E-state index in [2.05, 4.69) is 0 Å². The average Bonchev–Trinajstić information content (AvgIpc) is 2.21. The maximum absolute atomic E-state index is 13.2. The highest BCUT2D eigenvalue weighted by atomic mass is 19.1. The van der Waals surface area contributed by atoms with Gasteiger partial charge in [-0.05, 0) is 29.7 Å². The zero-order valence-electron chi connectivity index (χ0n) is 10.8. The standard InChI is InChI=1S/C13H20FN3O/c1-9(2)6-17(8-13(16)18)7-10-5-11(14)3-4-12(10)15/h3-5,9H,6-8,15H2,1-2H3,(H2,16,18). The van der Waals surface area contributed by atoms with Crippen LogP contribution in [0.5, 0.6) is 0 Å². The number of nitrogens with zero attached hydrogens (tertiary/aromatic N) is 1. The lowest BCUT2D eigenvalue weighted by atomic mass is 10.1. The third kappa shape index (κ3) is 4.71. The number of nitrogen functional groups attached to an aromatic ring is 1. The molecule has 0 bridgehead atoms. The molecule has 0 fully saturated rings. The van der Waals surface area contributed by atoms with Gasteiger partial charge < -0.3 is 11.5 Å². The number of anilines is 1. The first-order valence-corrected chi connectivity index (χ1v) is 5.93. The van der Waals surface area contributed by atoms with Gasteiger partial charge in [0.1, 0.15) is 5.82 Å². The van der Waals surface area contributed by atoms with E-state index in [0.29, 0.717) is 30.3 Å². The Kier molecular flexibility index (Phi) is 5.09. The summed E-state index contributed by atoms with van der Waals surface area (Å²) in [6.07, 6.45) is 0. The van der Waals surface area contributed by atoms with Crippen molar-refractivity contribution in [1.29, 1.82) is 0 Å². The molecule has 5 heteroatoms. The number of halogens is 1. The number of rotatable bonds is 6. The summed E-state index contributed by atoms with van der Waals surface area (Å²) in [4.78, 5) is 12.9. The van der Waals surface area contributed by atoms with Gasteiger partial charge in [-0.15, -0.1) is 0 Å². The summed E-state index contributed by atoms with van der Waals surface area (Å²) in [5.74, 6) is -0.340. The highest BCUT2D eigenvalue weighted by Crippen LogP contribution is 2.16. The van der Waals surface area contributed by atoms with Crippen molar-refractivity contribution in [3.8, 4) is 0 Å². The molecule has 0 heterocycles. The van der Waals surface area contributed by atoms with Crippen molar-refractivity contribution < 1.29 is 9.18 Å². The summed E-state index contributed by atoms with van der Waals surface area (Å²) in [6, 6.07) is 4.24. The number of benzene rings is 1. The zero-order chi connectivity index (χ0) is 13.7. The van der Waals surface area contributed by atoms with Gasteiger partial charge in [-0.25, -0.2) is 4.39 Å². The minimum atomic E-state index is -0.398. The molecule has 1 aromatic rings. The molecule has 1 aromatic carbocycles. The van der Waals surface area contributed by atoms with Crippen molar-refractivity contribution in [3.05, 3.63) is 29.6 Å². The Labute approximate surface area is 107 Å². The lowest BCUT2D eigenvalue weighted by Crippen LogP contribution is -2.36. The second-order valence-corrected chi connectivity index (χ2v) is 4.87. The monoisotopic (exact) mass is 253 g/mol. The van der Waals surface area contributed by atoms with Crippen LogP contribution in [0, 0.1) is 11.7 Å². The molecule has 1 rings (SSSR count). The smallest absolute Gasteiger partial charge is 0.231 e. The summed E-state index contributed by atoms with van der Waals surface area (Å²) in [6.45, 7) is 5.36. The van der Waals surface area contributed by atoms with E-state index in [9.17, 15) is 9.18 Å². The molecule has 0 saturated heterocycles. The van der Waals surface area contributed by atoms with Crippen molar-refractivity contribution in [2.24, 2.45) is 11.7 Å². The van der Waals surface area contributed by atoms with Crippen LogP contribution in [0.1, 0.15) is 19.4 Å². The molecule has 0 aromatic heterocycles. The van der Waals surface area contributed by atoms with Crippen molar-refractivity contribution in [2.75, 3.05) is 18.8 Å². The summed E-state index contributed by atoms with van der Waals surface area (Å²) in [5.41, 5.74) is 12.2. The molecule has 1 amide bonds. The molecule has 0 aliphatic carbocycles. The second-order valence-electron chi connectivity index (χ2n) is 4.87. The number of carbonyl (C=O) groups is 1. The minimum Gasteiger partial charge on any atom is -0.398 e. The first kappa shape index (κ1) is 14.4. The van der Waals surface area contributed by atoms with Gasteiger partial charge in [-0.2, -0.15) is 0 Å². The number of carbonyl (C=O) groups excluding carboxylic acids is 1. The summed E-state index contributed by atoms with van der Waals surface area (Å²) >= 11 is 0. The molecule has 0 unspecified atom stereocenters. The Balaban J connectivity index is 2.81. The molecule has 18 heavy (non-hydrogen) atoms. The van der Waals surface area contributed by atoms with Crippen LogP contribution in [0.25, 0.3) is 0 Å². The number of hydrogen-bond donors (Lipinski definition) is 2. The topological polar surface area (TPSA) is 72.3 Å². The Morgan fingerprint density at radius 1 is 1.44 bits per heavy atom. The van der Waals surface area contributed by atoms with Crippen molar-refractivity contribution in [3.63, 3.8) is 0 Å². The predicted octanol–water partition coefficient (Wildman–Crippen LogP) is 1.35. The molecule has 0 aliphatic rings. The fraction of sp³-hybridized carbons (Fsp3) is 0.462.